The maximum absolute atomic E-state index is 14.2. The SMILES string of the molecule is C=Cc1cc2cc(C)c(CC(=O)OCC)c(OS(=O)(=O)C(F)(F)F)c2cc1F. The van der Waals surface area contributed by atoms with E-state index in [1.54, 1.807) is 0 Å². The maximum atomic E-state index is 14.2. The Hall–Kier alpha value is -2.62. The highest BCUT2D eigenvalue weighted by molar-refractivity contribution is 7.88. The van der Waals surface area contributed by atoms with Crippen LogP contribution in [-0.4, -0.2) is 26.5 Å². The van der Waals surface area contributed by atoms with Gasteiger partial charge in [-0.1, -0.05) is 18.7 Å². The first-order chi connectivity index (χ1) is 12.9. The Morgan fingerprint density at radius 2 is 1.89 bits per heavy atom. The molecular weight excluding hydrogens is 404 g/mol. The third-order valence-electron chi connectivity index (χ3n) is 3.86. The van der Waals surface area contributed by atoms with E-state index >= 15 is 0 Å². The number of rotatable bonds is 6. The van der Waals surface area contributed by atoms with Crippen molar-refractivity contribution in [3.63, 3.8) is 0 Å². The molecule has 0 bridgehead atoms. The summed E-state index contributed by atoms with van der Waals surface area (Å²) >= 11 is 0. The Morgan fingerprint density at radius 1 is 1.25 bits per heavy atom. The molecule has 0 atom stereocenters. The van der Waals surface area contributed by atoms with Crippen LogP contribution in [-0.2, 0) is 26.1 Å². The quantitative estimate of drug-likeness (QED) is 0.302. The van der Waals surface area contributed by atoms with E-state index < -0.39 is 39.6 Å². The minimum absolute atomic E-state index is 0.0137. The summed E-state index contributed by atoms with van der Waals surface area (Å²) in [5.41, 5.74) is -5.52. The molecule has 0 spiro atoms. The van der Waals surface area contributed by atoms with Crippen molar-refractivity contribution < 1.29 is 39.7 Å². The zero-order chi connectivity index (χ0) is 21.3. The Balaban J connectivity index is 2.81. The second-order valence-corrected chi connectivity index (χ2v) is 7.30. The Kier molecular flexibility index (Phi) is 6.03. The first kappa shape index (κ1) is 21.7. The van der Waals surface area contributed by atoms with Gasteiger partial charge in [-0.15, -0.1) is 0 Å². The molecule has 0 aliphatic heterocycles. The molecule has 0 aromatic heterocycles. The third-order valence-corrected chi connectivity index (χ3v) is 4.81. The number of hydrogen-bond donors (Lipinski definition) is 0. The van der Waals surface area contributed by atoms with Gasteiger partial charge in [0.1, 0.15) is 5.82 Å². The average molecular weight is 420 g/mol. The number of hydrogen-bond acceptors (Lipinski definition) is 5. The van der Waals surface area contributed by atoms with Gasteiger partial charge >= 0.3 is 21.6 Å². The standard InChI is InChI=1S/C18H16F4O5S/c1-4-11-7-12-6-10(3)13(9-16(23)26-5-2)17(14(12)8-15(11)19)27-28(24,25)18(20,21)22/h4,6-8H,1,5,9H2,2-3H3. The van der Waals surface area contributed by atoms with Crippen molar-refractivity contribution in [1.29, 1.82) is 0 Å². The van der Waals surface area contributed by atoms with Crippen LogP contribution in [0.25, 0.3) is 16.8 Å². The maximum Gasteiger partial charge on any atom is 0.534 e. The number of benzene rings is 2. The van der Waals surface area contributed by atoms with Crippen molar-refractivity contribution in [2.75, 3.05) is 6.61 Å². The fourth-order valence-corrected chi connectivity index (χ4v) is 3.07. The van der Waals surface area contributed by atoms with Crippen LogP contribution in [0.1, 0.15) is 23.6 Å². The lowest BCUT2D eigenvalue weighted by Gasteiger charge is -2.18. The second kappa shape index (κ2) is 7.78. The molecule has 0 aliphatic rings. The molecule has 0 radical (unpaired) electrons. The summed E-state index contributed by atoms with van der Waals surface area (Å²) in [7, 11) is -6.05. The van der Waals surface area contributed by atoms with Crippen molar-refractivity contribution in [1.82, 2.24) is 0 Å². The summed E-state index contributed by atoms with van der Waals surface area (Å²) in [6.07, 6.45) is 0.646. The first-order valence-electron chi connectivity index (χ1n) is 7.95. The topological polar surface area (TPSA) is 69.7 Å². The molecule has 0 heterocycles. The molecule has 2 aromatic rings. The van der Waals surface area contributed by atoms with Crippen LogP contribution in [0.2, 0.25) is 0 Å². The second-order valence-electron chi connectivity index (χ2n) is 5.77. The molecule has 10 heteroatoms. The number of fused-ring (bicyclic) bond motifs is 1. The van der Waals surface area contributed by atoms with Crippen molar-refractivity contribution in [2.45, 2.75) is 25.8 Å². The summed E-state index contributed by atoms with van der Waals surface area (Å²) in [6, 6.07) is 3.59. The van der Waals surface area contributed by atoms with Gasteiger partial charge in [-0.05, 0) is 36.9 Å². The van der Waals surface area contributed by atoms with Crippen LogP contribution >= 0.6 is 0 Å². The highest BCUT2D eigenvalue weighted by atomic mass is 32.2. The zero-order valence-electron chi connectivity index (χ0n) is 14.9. The van der Waals surface area contributed by atoms with Crippen LogP contribution in [0, 0.1) is 12.7 Å². The van der Waals surface area contributed by atoms with E-state index in [0.717, 1.165) is 6.07 Å². The van der Waals surface area contributed by atoms with E-state index in [-0.39, 0.29) is 34.1 Å². The third kappa shape index (κ3) is 4.27. The monoisotopic (exact) mass is 420 g/mol. The Morgan fingerprint density at radius 3 is 2.43 bits per heavy atom. The summed E-state index contributed by atoms with van der Waals surface area (Å²) < 4.78 is 85.0. The minimum Gasteiger partial charge on any atom is -0.466 e. The van der Waals surface area contributed by atoms with E-state index in [4.69, 9.17) is 4.74 Å². The first-order valence-corrected chi connectivity index (χ1v) is 9.36. The summed E-state index contributed by atoms with van der Waals surface area (Å²) in [5, 5.41) is -0.0189. The van der Waals surface area contributed by atoms with E-state index in [1.165, 1.54) is 32.1 Å². The predicted molar refractivity (Wildman–Crippen MR) is 94.7 cm³/mol. The molecule has 0 unspecified atom stereocenters. The normalized spacial score (nSPS) is 12.1. The number of esters is 1. The molecule has 28 heavy (non-hydrogen) atoms. The van der Waals surface area contributed by atoms with E-state index in [1.807, 2.05) is 0 Å². The molecule has 0 saturated carbocycles. The predicted octanol–water partition coefficient (Wildman–Crippen LogP) is 4.26. The fraction of sp³-hybridized carbons (Fsp3) is 0.278. The smallest absolute Gasteiger partial charge is 0.466 e. The molecule has 0 amide bonds. The lowest BCUT2D eigenvalue weighted by Crippen LogP contribution is -2.28. The number of halogens is 4. The molecule has 0 fully saturated rings. The Labute approximate surface area is 158 Å². The van der Waals surface area contributed by atoms with Crippen molar-refractivity contribution in [3.8, 4) is 5.75 Å². The van der Waals surface area contributed by atoms with Gasteiger partial charge in [-0.25, -0.2) is 4.39 Å². The van der Waals surface area contributed by atoms with Gasteiger partial charge < -0.3 is 8.92 Å². The van der Waals surface area contributed by atoms with Crippen molar-refractivity contribution in [2.24, 2.45) is 0 Å². The molecule has 2 rings (SSSR count). The number of carbonyl (C=O) groups excluding carboxylic acids is 1. The molecule has 152 valence electrons. The molecule has 5 nitrogen and oxygen atoms in total. The van der Waals surface area contributed by atoms with E-state index in [2.05, 4.69) is 10.8 Å². The fourth-order valence-electron chi connectivity index (χ4n) is 2.57. The van der Waals surface area contributed by atoms with Gasteiger partial charge in [0, 0.05) is 16.5 Å². The van der Waals surface area contributed by atoms with E-state index in [9.17, 15) is 30.8 Å². The Bertz CT molecular complexity index is 1040. The van der Waals surface area contributed by atoms with Gasteiger partial charge in [0.2, 0.25) is 0 Å². The molecular formula is C18H16F4O5S. The number of ether oxygens (including phenoxy) is 1. The van der Waals surface area contributed by atoms with Gasteiger partial charge in [0.15, 0.2) is 5.75 Å². The summed E-state index contributed by atoms with van der Waals surface area (Å²) in [4.78, 5) is 11.8. The average Bonchev–Trinajstić information content (AvgIpc) is 2.57. The van der Waals surface area contributed by atoms with Gasteiger partial charge in [0.05, 0.1) is 13.0 Å². The van der Waals surface area contributed by atoms with Crippen molar-refractivity contribution in [3.05, 3.63) is 47.3 Å². The number of alkyl halides is 3. The van der Waals surface area contributed by atoms with Gasteiger partial charge in [-0.3, -0.25) is 4.79 Å². The zero-order valence-corrected chi connectivity index (χ0v) is 15.7. The highest BCUT2D eigenvalue weighted by Gasteiger charge is 2.49. The molecule has 0 aliphatic carbocycles. The highest BCUT2D eigenvalue weighted by Crippen LogP contribution is 2.38. The minimum atomic E-state index is -6.05. The van der Waals surface area contributed by atoms with Crippen LogP contribution in [0.3, 0.4) is 0 Å². The van der Waals surface area contributed by atoms with Crippen LogP contribution in [0.4, 0.5) is 17.6 Å². The largest absolute Gasteiger partial charge is 0.534 e. The van der Waals surface area contributed by atoms with Crippen LogP contribution in [0.15, 0.2) is 24.8 Å². The van der Waals surface area contributed by atoms with Gasteiger partial charge in [0.25, 0.3) is 0 Å². The number of carbonyl (C=O) groups is 1. The van der Waals surface area contributed by atoms with Gasteiger partial charge in [-0.2, -0.15) is 21.6 Å². The summed E-state index contributed by atoms with van der Waals surface area (Å²) in [6.45, 7) is 6.44. The summed E-state index contributed by atoms with van der Waals surface area (Å²) in [5.74, 6) is -2.42. The molecule has 0 saturated heterocycles. The van der Waals surface area contributed by atoms with E-state index in [0.29, 0.717) is 0 Å². The number of aryl methyl sites for hydroxylation is 1. The lowest BCUT2D eigenvalue weighted by molar-refractivity contribution is -0.142. The molecule has 0 N–H and O–H groups in total. The van der Waals surface area contributed by atoms with Crippen molar-refractivity contribution >= 4 is 32.9 Å². The molecule has 2 aromatic carbocycles. The lowest BCUT2D eigenvalue weighted by atomic mass is 9.96. The van der Waals surface area contributed by atoms with Crippen LogP contribution in [0.5, 0.6) is 5.75 Å². The van der Waals surface area contributed by atoms with Crippen LogP contribution < -0.4 is 4.18 Å².